The van der Waals surface area contributed by atoms with E-state index in [1.807, 2.05) is 30.3 Å². The van der Waals surface area contributed by atoms with Crippen molar-refractivity contribution in [2.24, 2.45) is 5.11 Å². The van der Waals surface area contributed by atoms with E-state index in [-0.39, 0.29) is 6.61 Å². The van der Waals surface area contributed by atoms with E-state index in [1.165, 1.54) is 0 Å². The lowest BCUT2D eigenvalue weighted by Gasteiger charge is -2.08. The summed E-state index contributed by atoms with van der Waals surface area (Å²) in [6.07, 6.45) is 0. The molecule has 0 aromatic heterocycles. The molecule has 0 aliphatic rings. The molecule has 2 rings (SSSR count). The number of rotatable bonds is 4. The lowest BCUT2D eigenvalue weighted by Crippen LogP contribution is -2.04. The number of benzene rings is 2. The van der Waals surface area contributed by atoms with E-state index >= 15 is 0 Å². The predicted molar refractivity (Wildman–Crippen MR) is 70.7 cm³/mol. The molecular formula is C14H11N3O2. The Morgan fingerprint density at radius 2 is 1.79 bits per heavy atom. The molecule has 0 spiro atoms. The minimum atomic E-state index is -0.602. The SMILES string of the molecule is [N-]=[N+]=NC(=O)c1ccccc1COc1ccccc1. The maximum Gasteiger partial charge on any atom is 0.249 e. The molecule has 0 N–H and O–H groups in total. The van der Waals surface area contributed by atoms with E-state index in [1.54, 1.807) is 24.3 Å². The maximum atomic E-state index is 11.6. The summed E-state index contributed by atoms with van der Waals surface area (Å²) in [5.74, 6) is 0.114. The van der Waals surface area contributed by atoms with E-state index in [2.05, 4.69) is 10.0 Å². The van der Waals surface area contributed by atoms with Crippen molar-refractivity contribution in [1.29, 1.82) is 0 Å². The normalized spacial score (nSPS) is 9.47. The third kappa shape index (κ3) is 3.34. The molecule has 0 saturated carbocycles. The molecule has 5 nitrogen and oxygen atoms in total. The first-order valence-corrected chi connectivity index (χ1v) is 5.66. The molecule has 0 heterocycles. The van der Waals surface area contributed by atoms with Crippen LogP contribution in [0.1, 0.15) is 15.9 Å². The van der Waals surface area contributed by atoms with Crippen LogP contribution >= 0.6 is 0 Å². The zero-order valence-corrected chi connectivity index (χ0v) is 10.1. The number of para-hydroxylation sites is 1. The average molecular weight is 253 g/mol. The zero-order chi connectivity index (χ0) is 13.5. The van der Waals surface area contributed by atoms with E-state index in [0.29, 0.717) is 16.9 Å². The third-order valence-electron chi connectivity index (χ3n) is 2.52. The largest absolute Gasteiger partial charge is 0.489 e. The molecule has 0 aliphatic carbocycles. The minimum Gasteiger partial charge on any atom is -0.489 e. The predicted octanol–water partition coefficient (Wildman–Crippen LogP) is 3.72. The molecule has 1 amide bonds. The van der Waals surface area contributed by atoms with Crippen LogP contribution in [-0.2, 0) is 6.61 Å². The Kier molecular flexibility index (Phi) is 4.16. The summed E-state index contributed by atoms with van der Waals surface area (Å²) in [6.45, 7) is 0.243. The van der Waals surface area contributed by atoms with Crippen LogP contribution in [0.15, 0.2) is 59.7 Å². The molecule has 0 radical (unpaired) electrons. The number of carbonyl (C=O) groups excluding carboxylic acids is 1. The number of carbonyl (C=O) groups is 1. The van der Waals surface area contributed by atoms with Crippen molar-refractivity contribution < 1.29 is 9.53 Å². The highest BCUT2D eigenvalue weighted by Gasteiger charge is 2.09. The van der Waals surface area contributed by atoms with Crippen LogP contribution < -0.4 is 4.74 Å². The second-order valence-electron chi connectivity index (χ2n) is 3.75. The van der Waals surface area contributed by atoms with Crippen molar-refractivity contribution in [2.45, 2.75) is 6.61 Å². The molecule has 0 atom stereocenters. The molecule has 0 fully saturated rings. The fourth-order valence-electron chi connectivity index (χ4n) is 1.63. The Morgan fingerprint density at radius 3 is 2.53 bits per heavy atom. The maximum absolute atomic E-state index is 11.6. The summed E-state index contributed by atoms with van der Waals surface area (Å²) in [4.78, 5) is 14.1. The number of amides is 1. The fourth-order valence-corrected chi connectivity index (χ4v) is 1.63. The van der Waals surface area contributed by atoms with Gasteiger partial charge in [-0.2, -0.15) is 0 Å². The first-order valence-electron chi connectivity index (χ1n) is 5.66. The van der Waals surface area contributed by atoms with Crippen LogP contribution in [0.5, 0.6) is 5.75 Å². The van der Waals surface area contributed by atoms with Gasteiger partial charge in [-0.05, 0) is 22.8 Å². The molecule has 0 saturated heterocycles. The van der Waals surface area contributed by atoms with Crippen LogP contribution in [0.2, 0.25) is 0 Å². The van der Waals surface area contributed by atoms with Crippen LogP contribution in [0.25, 0.3) is 10.4 Å². The van der Waals surface area contributed by atoms with Crippen molar-refractivity contribution in [2.75, 3.05) is 0 Å². The summed E-state index contributed by atoms with van der Waals surface area (Å²) in [5.41, 5.74) is 9.34. The zero-order valence-electron chi connectivity index (χ0n) is 10.1. The molecule has 0 bridgehead atoms. The summed E-state index contributed by atoms with van der Waals surface area (Å²) in [5, 5.41) is 3.10. The van der Waals surface area contributed by atoms with E-state index < -0.39 is 5.91 Å². The van der Waals surface area contributed by atoms with E-state index in [4.69, 9.17) is 10.3 Å². The highest BCUT2D eigenvalue weighted by atomic mass is 16.5. The highest BCUT2D eigenvalue weighted by molar-refractivity contribution is 5.96. The first-order chi connectivity index (χ1) is 9.31. The van der Waals surface area contributed by atoms with Crippen molar-refractivity contribution in [3.8, 4) is 5.75 Å². The van der Waals surface area contributed by atoms with Gasteiger partial charge >= 0.3 is 0 Å². The summed E-state index contributed by atoms with van der Waals surface area (Å²) < 4.78 is 5.57. The Morgan fingerprint density at radius 1 is 1.11 bits per heavy atom. The molecule has 2 aromatic rings. The van der Waals surface area contributed by atoms with Crippen LogP contribution in [0, 0.1) is 0 Å². The lowest BCUT2D eigenvalue weighted by atomic mass is 10.1. The van der Waals surface area contributed by atoms with Gasteiger partial charge in [0.1, 0.15) is 12.4 Å². The molecule has 5 heteroatoms. The van der Waals surface area contributed by atoms with Gasteiger partial charge in [-0.1, -0.05) is 42.5 Å². The molecule has 2 aromatic carbocycles. The molecule has 19 heavy (non-hydrogen) atoms. The number of hydrogen-bond donors (Lipinski definition) is 0. The number of hydrogen-bond acceptors (Lipinski definition) is 2. The van der Waals surface area contributed by atoms with Crippen LogP contribution in [0.4, 0.5) is 0 Å². The van der Waals surface area contributed by atoms with Gasteiger partial charge in [0.2, 0.25) is 5.91 Å². The van der Waals surface area contributed by atoms with Gasteiger partial charge in [-0.15, -0.1) is 0 Å². The average Bonchev–Trinajstić information content (AvgIpc) is 2.47. The van der Waals surface area contributed by atoms with Crippen LogP contribution in [-0.4, -0.2) is 5.91 Å². The van der Waals surface area contributed by atoms with Gasteiger partial charge in [0, 0.05) is 16.0 Å². The summed E-state index contributed by atoms with van der Waals surface area (Å²) >= 11 is 0. The fraction of sp³-hybridized carbons (Fsp3) is 0.0714. The van der Waals surface area contributed by atoms with Crippen molar-refractivity contribution in [1.82, 2.24) is 0 Å². The van der Waals surface area contributed by atoms with Gasteiger partial charge in [-0.3, -0.25) is 4.79 Å². The number of azide groups is 1. The smallest absolute Gasteiger partial charge is 0.249 e. The Balaban J connectivity index is 2.16. The monoisotopic (exact) mass is 253 g/mol. The summed E-state index contributed by atoms with van der Waals surface area (Å²) in [7, 11) is 0. The standard InChI is InChI=1S/C14H11N3O2/c15-17-16-14(18)13-9-5-4-6-11(13)10-19-12-7-2-1-3-8-12/h1-9H,10H2. The van der Waals surface area contributed by atoms with E-state index in [9.17, 15) is 4.79 Å². The molecule has 0 unspecified atom stereocenters. The molecule has 94 valence electrons. The first kappa shape index (κ1) is 12.7. The Hall–Kier alpha value is -2.78. The minimum absolute atomic E-state index is 0.243. The second-order valence-corrected chi connectivity index (χ2v) is 3.75. The van der Waals surface area contributed by atoms with Gasteiger partial charge in [0.25, 0.3) is 0 Å². The lowest BCUT2D eigenvalue weighted by molar-refractivity contribution is 0.0998. The Labute approximate surface area is 110 Å². The van der Waals surface area contributed by atoms with Crippen LogP contribution in [0.3, 0.4) is 0 Å². The number of nitrogens with zero attached hydrogens (tertiary/aromatic N) is 3. The van der Waals surface area contributed by atoms with Gasteiger partial charge in [0.15, 0.2) is 0 Å². The topological polar surface area (TPSA) is 75.1 Å². The van der Waals surface area contributed by atoms with Crippen molar-refractivity contribution in [3.63, 3.8) is 0 Å². The van der Waals surface area contributed by atoms with E-state index in [0.717, 1.165) is 0 Å². The van der Waals surface area contributed by atoms with Gasteiger partial charge < -0.3 is 4.74 Å². The van der Waals surface area contributed by atoms with Crippen molar-refractivity contribution >= 4 is 5.91 Å². The van der Waals surface area contributed by atoms with Crippen molar-refractivity contribution in [3.05, 3.63) is 76.2 Å². The quantitative estimate of drug-likeness (QED) is 0.473. The summed E-state index contributed by atoms with van der Waals surface area (Å²) in [6, 6.07) is 16.2. The second kappa shape index (κ2) is 6.23. The molecular weight excluding hydrogens is 242 g/mol. The Bertz CT molecular complexity index is 620. The molecule has 0 aliphatic heterocycles. The highest BCUT2D eigenvalue weighted by Crippen LogP contribution is 2.15. The van der Waals surface area contributed by atoms with Gasteiger partial charge in [-0.25, -0.2) is 0 Å². The van der Waals surface area contributed by atoms with Gasteiger partial charge in [0.05, 0.1) is 0 Å². The number of ether oxygens (including phenoxy) is 1. The third-order valence-corrected chi connectivity index (χ3v) is 2.52.